The summed E-state index contributed by atoms with van der Waals surface area (Å²) < 4.78 is 5.24. The second kappa shape index (κ2) is 8.76. The third-order valence-corrected chi connectivity index (χ3v) is 6.09. The van der Waals surface area contributed by atoms with Crippen LogP contribution in [0.2, 0.25) is 0 Å². The van der Waals surface area contributed by atoms with Gasteiger partial charge < -0.3 is 19.4 Å². The first-order valence-electron chi connectivity index (χ1n) is 10.4. The molecule has 2 aromatic rings. The van der Waals surface area contributed by atoms with Gasteiger partial charge in [0.2, 0.25) is 0 Å². The minimum atomic E-state index is 0.278. The second-order valence-corrected chi connectivity index (χ2v) is 7.98. The van der Waals surface area contributed by atoms with Gasteiger partial charge in [0, 0.05) is 17.8 Å². The number of carbonyl (C=O) groups is 1. The molecule has 5 heteroatoms. The van der Waals surface area contributed by atoms with Gasteiger partial charge in [-0.25, -0.2) is 0 Å². The molecule has 0 atom stereocenters. The molecule has 148 valence electrons. The van der Waals surface area contributed by atoms with E-state index in [1.54, 1.807) is 12.0 Å². The molecule has 0 unspecified atom stereocenters. The molecule has 1 fully saturated rings. The summed E-state index contributed by atoms with van der Waals surface area (Å²) in [5, 5.41) is 0. The van der Waals surface area contributed by atoms with Crippen LogP contribution in [0.3, 0.4) is 0 Å². The summed E-state index contributed by atoms with van der Waals surface area (Å²) in [7, 11) is 1.70. The molecular formula is C23H31N3O2+2. The van der Waals surface area contributed by atoms with Gasteiger partial charge in [-0.15, -0.1) is 0 Å². The van der Waals surface area contributed by atoms with Gasteiger partial charge in [-0.05, 0) is 48.7 Å². The minimum absolute atomic E-state index is 0.278. The SMILES string of the molecule is COc1ccc(C[NH+]2CC[NH+](CC(=O)N3CCCc4ccccc43)CC2)cc1. The first-order valence-corrected chi connectivity index (χ1v) is 10.4. The van der Waals surface area contributed by atoms with Gasteiger partial charge in [0.25, 0.3) is 5.91 Å². The molecule has 0 aromatic heterocycles. The first-order chi connectivity index (χ1) is 13.7. The number of fused-ring (bicyclic) bond motifs is 1. The number of amides is 1. The molecule has 0 spiro atoms. The van der Waals surface area contributed by atoms with Crippen molar-refractivity contribution in [2.45, 2.75) is 19.4 Å². The fourth-order valence-electron chi connectivity index (χ4n) is 4.44. The van der Waals surface area contributed by atoms with Crippen molar-refractivity contribution in [1.29, 1.82) is 0 Å². The number of anilines is 1. The van der Waals surface area contributed by atoms with Crippen LogP contribution in [0.4, 0.5) is 5.69 Å². The van der Waals surface area contributed by atoms with E-state index in [1.807, 2.05) is 23.1 Å². The minimum Gasteiger partial charge on any atom is -0.497 e. The molecule has 2 heterocycles. The number of aryl methyl sites for hydroxylation is 1. The molecule has 1 amide bonds. The number of nitrogens with one attached hydrogen (secondary N) is 2. The first kappa shape index (κ1) is 19.0. The Balaban J connectivity index is 1.28. The highest BCUT2D eigenvalue weighted by atomic mass is 16.5. The van der Waals surface area contributed by atoms with Crippen molar-refractivity contribution in [2.75, 3.05) is 51.3 Å². The lowest BCUT2D eigenvalue weighted by Crippen LogP contribution is -3.28. The summed E-state index contributed by atoms with van der Waals surface area (Å²) in [6.07, 6.45) is 2.15. The summed E-state index contributed by atoms with van der Waals surface area (Å²) in [6.45, 7) is 6.88. The summed E-state index contributed by atoms with van der Waals surface area (Å²) in [5.74, 6) is 1.19. The van der Waals surface area contributed by atoms with Crippen molar-refractivity contribution in [2.24, 2.45) is 0 Å². The number of para-hydroxylation sites is 1. The number of methoxy groups -OCH3 is 1. The van der Waals surface area contributed by atoms with Crippen LogP contribution in [0.15, 0.2) is 48.5 Å². The van der Waals surface area contributed by atoms with Crippen LogP contribution in [-0.4, -0.2) is 52.3 Å². The predicted octanol–water partition coefficient (Wildman–Crippen LogP) is -0.0420. The molecule has 1 saturated heterocycles. The quantitative estimate of drug-likeness (QED) is 0.763. The number of hydrogen-bond acceptors (Lipinski definition) is 2. The van der Waals surface area contributed by atoms with Gasteiger partial charge >= 0.3 is 0 Å². The molecule has 5 nitrogen and oxygen atoms in total. The van der Waals surface area contributed by atoms with E-state index in [2.05, 4.69) is 30.3 Å². The monoisotopic (exact) mass is 381 g/mol. The summed E-state index contributed by atoms with van der Waals surface area (Å²) in [5.41, 5.74) is 3.79. The van der Waals surface area contributed by atoms with Crippen molar-refractivity contribution < 1.29 is 19.3 Å². The van der Waals surface area contributed by atoms with Gasteiger partial charge in [0.05, 0.1) is 7.11 Å². The van der Waals surface area contributed by atoms with E-state index >= 15 is 0 Å². The third kappa shape index (κ3) is 4.37. The Bertz CT molecular complexity index is 798. The maximum absolute atomic E-state index is 12.9. The Morgan fingerprint density at radius 2 is 1.71 bits per heavy atom. The van der Waals surface area contributed by atoms with Crippen LogP contribution in [0, 0.1) is 0 Å². The van der Waals surface area contributed by atoms with Crippen molar-refractivity contribution >= 4 is 11.6 Å². The molecule has 0 aliphatic carbocycles. The standard InChI is InChI=1S/C23H29N3O2/c1-28-21-10-8-19(9-11-21)17-24-13-15-25(16-14-24)18-23(27)26-12-4-6-20-5-2-3-7-22(20)26/h2-3,5,7-11H,4,6,12-18H2,1H3/p+2. The van der Waals surface area contributed by atoms with Crippen molar-refractivity contribution in [3.05, 3.63) is 59.7 Å². The van der Waals surface area contributed by atoms with E-state index in [1.165, 1.54) is 16.0 Å². The normalized spacial score (nSPS) is 21.8. The van der Waals surface area contributed by atoms with Gasteiger partial charge in [-0.3, -0.25) is 4.79 Å². The lowest BCUT2D eigenvalue weighted by molar-refractivity contribution is -1.02. The van der Waals surface area contributed by atoms with E-state index in [4.69, 9.17) is 4.74 Å². The zero-order valence-corrected chi connectivity index (χ0v) is 16.7. The Hall–Kier alpha value is -2.37. The number of piperazine rings is 1. The highest BCUT2D eigenvalue weighted by molar-refractivity contribution is 5.95. The summed E-state index contributed by atoms with van der Waals surface area (Å²) in [4.78, 5) is 18.0. The van der Waals surface area contributed by atoms with Gasteiger partial charge in [0.15, 0.2) is 6.54 Å². The molecule has 4 rings (SSSR count). The van der Waals surface area contributed by atoms with E-state index in [9.17, 15) is 4.79 Å². The van der Waals surface area contributed by atoms with Crippen LogP contribution < -0.4 is 19.4 Å². The van der Waals surface area contributed by atoms with Crippen LogP contribution in [0.25, 0.3) is 0 Å². The lowest BCUT2D eigenvalue weighted by Gasteiger charge is -2.33. The fraction of sp³-hybridized carbons (Fsp3) is 0.435. The summed E-state index contributed by atoms with van der Waals surface area (Å²) >= 11 is 0. The Labute approximate surface area is 167 Å². The number of rotatable bonds is 5. The van der Waals surface area contributed by atoms with E-state index < -0.39 is 0 Å². The van der Waals surface area contributed by atoms with Gasteiger partial charge in [-0.2, -0.15) is 0 Å². The van der Waals surface area contributed by atoms with E-state index in [0.29, 0.717) is 6.54 Å². The van der Waals surface area contributed by atoms with E-state index in [-0.39, 0.29) is 5.91 Å². The lowest BCUT2D eigenvalue weighted by atomic mass is 10.0. The molecule has 0 saturated carbocycles. The van der Waals surface area contributed by atoms with Crippen molar-refractivity contribution in [3.63, 3.8) is 0 Å². The zero-order valence-electron chi connectivity index (χ0n) is 16.7. The van der Waals surface area contributed by atoms with Crippen LogP contribution in [0.1, 0.15) is 17.5 Å². The van der Waals surface area contributed by atoms with Crippen LogP contribution >= 0.6 is 0 Å². The molecule has 2 aliphatic heterocycles. The fourth-order valence-corrected chi connectivity index (χ4v) is 4.44. The van der Waals surface area contributed by atoms with Crippen LogP contribution in [0.5, 0.6) is 5.75 Å². The number of ether oxygens (including phenoxy) is 1. The van der Waals surface area contributed by atoms with Gasteiger partial charge in [-0.1, -0.05) is 18.2 Å². The third-order valence-electron chi connectivity index (χ3n) is 6.09. The average molecular weight is 382 g/mol. The summed E-state index contributed by atoms with van der Waals surface area (Å²) in [6, 6.07) is 16.7. The molecule has 2 aromatic carbocycles. The molecule has 28 heavy (non-hydrogen) atoms. The van der Waals surface area contributed by atoms with Gasteiger partial charge in [0.1, 0.15) is 38.5 Å². The maximum Gasteiger partial charge on any atom is 0.282 e. The van der Waals surface area contributed by atoms with Crippen molar-refractivity contribution in [1.82, 2.24) is 0 Å². The number of nitrogens with zero attached hydrogens (tertiary/aromatic N) is 1. The largest absolute Gasteiger partial charge is 0.497 e. The molecule has 2 aliphatic rings. The number of hydrogen-bond donors (Lipinski definition) is 2. The average Bonchev–Trinajstić information content (AvgIpc) is 2.75. The maximum atomic E-state index is 12.9. The number of carbonyl (C=O) groups excluding carboxylic acids is 1. The Morgan fingerprint density at radius 3 is 2.46 bits per heavy atom. The van der Waals surface area contributed by atoms with Crippen LogP contribution in [-0.2, 0) is 17.8 Å². The highest BCUT2D eigenvalue weighted by Gasteiger charge is 2.29. The van der Waals surface area contributed by atoms with E-state index in [0.717, 1.165) is 63.5 Å². The molecule has 2 N–H and O–H groups in total. The predicted molar refractivity (Wildman–Crippen MR) is 110 cm³/mol. The zero-order chi connectivity index (χ0) is 19.3. The Morgan fingerprint density at radius 1 is 1.00 bits per heavy atom. The molecular weight excluding hydrogens is 350 g/mol. The number of benzene rings is 2. The topological polar surface area (TPSA) is 38.4 Å². The van der Waals surface area contributed by atoms with Crippen molar-refractivity contribution in [3.8, 4) is 5.75 Å². The smallest absolute Gasteiger partial charge is 0.282 e. The molecule has 0 bridgehead atoms. The molecule has 0 radical (unpaired) electrons. The Kier molecular flexibility index (Phi) is 5.93. The second-order valence-electron chi connectivity index (χ2n) is 7.98. The highest BCUT2D eigenvalue weighted by Crippen LogP contribution is 2.26. The number of quaternary nitrogens is 2.